The number of hydrogen-bond donors (Lipinski definition) is 3. The normalized spacial score (nSPS) is 11.3. The SMILES string of the molecule is CN=C(NCCc1c[nH]c2ccc(F)cc12)NCc1ccc(SC)cc1.I. The summed E-state index contributed by atoms with van der Waals surface area (Å²) in [6, 6.07) is 13.3. The molecule has 0 amide bonds. The van der Waals surface area contributed by atoms with Crippen molar-refractivity contribution in [3.63, 3.8) is 0 Å². The molecular formula is C20H24FIN4S. The smallest absolute Gasteiger partial charge is 0.191 e. The molecule has 0 aliphatic rings. The molecule has 0 spiro atoms. The number of aliphatic imine (C=N–C) groups is 1. The predicted molar refractivity (Wildman–Crippen MR) is 124 cm³/mol. The molecule has 7 heteroatoms. The van der Waals surface area contributed by atoms with E-state index < -0.39 is 0 Å². The summed E-state index contributed by atoms with van der Waals surface area (Å²) in [6.07, 6.45) is 4.79. The molecule has 3 aromatic rings. The molecule has 0 atom stereocenters. The molecule has 144 valence electrons. The van der Waals surface area contributed by atoms with Crippen LogP contribution in [-0.4, -0.2) is 30.8 Å². The average molecular weight is 498 g/mol. The van der Waals surface area contributed by atoms with Crippen molar-refractivity contribution in [3.05, 3.63) is 65.6 Å². The van der Waals surface area contributed by atoms with Gasteiger partial charge >= 0.3 is 0 Å². The van der Waals surface area contributed by atoms with E-state index in [4.69, 9.17) is 0 Å². The van der Waals surface area contributed by atoms with Gasteiger partial charge in [-0.05, 0) is 54.1 Å². The Kier molecular flexibility index (Phi) is 8.43. The molecule has 0 unspecified atom stereocenters. The Morgan fingerprint density at radius 2 is 1.93 bits per heavy atom. The van der Waals surface area contributed by atoms with Crippen molar-refractivity contribution in [2.24, 2.45) is 4.99 Å². The van der Waals surface area contributed by atoms with Gasteiger partial charge in [-0.2, -0.15) is 0 Å². The molecule has 0 bridgehead atoms. The van der Waals surface area contributed by atoms with Gasteiger partial charge < -0.3 is 15.6 Å². The minimum Gasteiger partial charge on any atom is -0.361 e. The number of hydrogen-bond acceptors (Lipinski definition) is 2. The summed E-state index contributed by atoms with van der Waals surface area (Å²) in [7, 11) is 1.76. The fourth-order valence-electron chi connectivity index (χ4n) is 2.82. The van der Waals surface area contributed by atoms with Crippen molar-refractivity contribution in [1.82, 2.24) is 15.6 Å². The van der Waals surface area contributed by atoms with Gasteiger partial charge in [0.2, 0.25) is 0 Å². The van der Waals surface area contributed by atoms with Crippen LogP contribution in [0.25, 0.3) is 10.9 Å². The highest BCUT2D eigenvalue weighted by Crippen LogP contribution is 2.19. The Balaban J connectivity index is 0.00000261. The van der Waals surface area contributed by atoms with Gasteiger partial charge in [0.1, 0.15) is 5.82 Å². The lowest BCUT2D eigenvalue weighted by molar-refractivity contribution is 0.629. The zero-order valence-electron chi connectivity index (χ0n) is 15.4. The molecule has 3 N–H and O–H groups in total. The average Bonchev–Trinajstić information content (AvgIpc) is 3.07. The van der Waals surface area contributed by atoms with Crippen LogP contribution in [0.15, 0.2) is 58.5 Å². The van der Waals surface area contributed by atoms with Gasteiger partial charge in [-0.3, -0.25) is 4.99 Å². The van der Waals surface area contributed by atoms with E-state index in [-0.39, 0.29) is 29.8 Å². The van der Waals surface area contributed by atoms with Crippen LogP contribution >= 0.6 is 35.7 Å². The van der Waals surface area contributed by atoms with E-state index >= 15 is 0 Å². The van der Waals surface area contributed by atoms with E-state index in [1.807, 2.05) is 6.20 Å². The van der Waals surface area contributed by atoms with Crippen molar-refractivity contribution in [2.45, 2.75) is 17.9 Å². The third kappa shape index (κ3) is 5.87. The highest BCUT2D eigenvalue weighted by molar-refractivity contribution is 14.0. The highest BCUT2D eigenvalue weighted by Gasteiger charge is 2.05. The van der Waals surface area contributed by atoms with E-state index in [1.54, 1.807) is 30.9 Å². The third-order valence-corrected chi connectivity index (χ3v) is 5.00. The summed E-state index contributed by atoms with van der Waals surface area (Å²) in [5, 5.41) is 7.55. The standard InChI is InChI=1S/C20H23FN4S.HI/c1-22-20(25-12-14-3-6-17(26-2)7-4-14)23-10-9-15-13-24-19-8-5-16(21)11-18(15)19;/h3-8,11,13,24H,9-10,12H2,1-2H3,(H2,22,23,25);1H. The Labute approximate surface area is 180 Å². The Morgan fingerprint density at radius 1 is 1.15 bits per heavy atom. The second-order valence-electron chi connectivity index (χ2n) is 5.95. The maximum absolute atomic E-state index is 13.4. The van der Waals surface area contributed by atoms with Crippen LogP contribution in [0, 0.1) is 5.82 Å². The second kappa shape index (κ2) is 10.6. The van der Waals surface area contributed by atoms with Crippen molar-refractivity contribution >= 4 is 52.6 Å². The zero-order chi connectivity index (χ0) is 18.4. The fraction of sp³-hybridized carbons (Fsp3) is 0.250. The van der Waals surface area contributed by atoms with Crippen LogP contribution in [0.2, 0.25) is 0 Å². The van der Waals surface area contributed by atoms with Gasteiger partial charge in [-0.25, -0.2) is 4.39 Å². The van der Waals surface area contributed by atoms with E-state index in [1.165, 1.54) is 16.5 Å². The summed E-state index contributed by atoms with van der Waals surface area (Å²) >= 11 is 1.74. The lowest BCUT2D eigenvalue weighted by Crippen LogP contribution is -2.37. The Morgan fingerprint density at radius 3 is 2.63 bits per heavy atom. The number of nitrogens with one attached hydrogen (secondary N) is 3. The number of aromatic nitrogens is 1. The van der Waals surface area contributed by atoms with Gasteiger partial charge in [-0.1, -0.05) is 12.1 Å². The van der Waals surface area contributed by atoms with Crippen LogP contribution in [0.1, 0.15) is 11.1 Å². The molecule has 1 aromatic heterocycles. The van der Waals surface area contributed by atoms with Gasteiger partial charge in [0.15, 0.2) is 5.96 Å². The Bertz CT molecular complexity index is 893. The van der Waals surface area contributed by atoms with Crippen LogP contribution in [-0.2, 0) is 13.0 Å². The highest BCUT2D eigenvalue weighted by atomic mass is 127. The summed E-state index contributed by atoms with van der Waals surface area (Å²) < 4.78 is 13.4. The minimum atomic E-state index is -0.212. The molecule has 0 aliphatic carbocycles. The number of H-pyrrole nitrogens is 1. The first-order chi connectivity index (χ1) is 12.7. The van der Waals surface area contributed by atoms with Crippen LogP contribution < -0.4 is 10.6 Å². The third-order valence-electron chi connectivity index (χ3n) is 4.26. The van der Waals surface area contributed by atoms with Crippen molar-refractivity contribution in [2.75, 3.05) is 19.8 Å². The number of nitrogens with zero attached hydrogens (tertiary/aromatic N) is 1. The minimum absolute atomic E-state index is 0. The Hall–Kier alpha value is -1.74. The first kappa shape index (κ1) is 21.6. The van der Waals surface area contributed by atoms with Crippen molar-refractivity contribution in [1.29, 1.82) is 0 Å². The van der Waals surface area contributed by atoms with Gasteiger partial charge in [-0.15, -0.1) is 35.7 Å². The quantitative estimate of drug-likeness (QED) is 0.202. The van der Waals surface area contributed by atoms with Crippen LogP contribution in [0.4, 0.5) is 4.39 Å². The predicted octanol–water partition coefficient (Wildman–Crippen LogP) is 4.55. The summed E-state index contributed by atoms with van der Waals surface area (Å²) in [6.45, 7) is 1.43. The second-order valence-corrected chi connectivity index (χ2v) is 6.83. The van der Waals surface area contributed by atoms with Crippen LogP contribution in [0.3, 0.4) is 0 Å². The van der Waals surface area contributed by atoms with E-state index in [9.17, 15) is 4.39 Å². The molecule has 3 rings (SSSR count). The van der Waals surface area contributed by atoms with E-state index in [0.29, 0.717) is 13.1 Å². The lowest BCUT2D eigenvalue weighted by atomic mass is 10.1. The number of fused-ring (bicyclic) bond motifs is 1. The lowest BCUT2D eigenvalue weighted by Gasteiger charge is -2.12. The molecule has 4 nitrogen and oxygen atoms in total. The fourth-order valence-corrected chi connectivity index (χ4v) is 3.23. The number of rotatable bonds is 6. The molecule has 1 heterocycles. The molecule has 0 saturated heterocycles. The molecule has 0 saturated carbocycles. The maximum Gasteiger partial charge on any atom is 0.191 e. The van der Waals surface area contributed by atoms with E-state index in [2.05, 4.69) is 51.1 Å². The largest absolute Gasteiger partial charge is 0.361 e. The molecule has 27 heavy (non-hydrogen) atoms. The summed E-state index contributed by atoms with van der Waals surface area (Å²) in [4.78, 5) is 8.69. The molecule has 0 radical (unpaired) electrons. The molecular weight excluding hydrogens is 474 g/mol. The summed E-state index contributed by atoms with van der Waals surface area (Å²) in [5.74, 6) is 0.543. The number of benzene rings is 2. The molecule has 0 fully saturated rings. The first-order valence-electron chi connectivity index (χ1n) is 8.52. The zero-order valence-corrected chi connectivity index (χ0v) is 18.5. The summed E-state index contributed by atoms with van der Waals surface area (Å²) in [5.41, 5.74) is 3.26. The topological polar surface area (TPSA) is 52.2 Å². The van der Waals surface area contributed by atoms with Crippen LogP contribution in [0.5, 0.6) is 0 Å². The molecule has 0 aliphatic heterocycles. The monoisotopic (exact) mass is 498 g/mol. The maximum atomic E-state index is 13.4. The van der Waals surface area contributed by atoms with E-state index in [0.717, 1.165) is 28.8 Å². The van der Waals surface area contributed by atoms with Gasteiger partial charge in [0.25, 0.3) is 0 Å². The number of guanidine groups is 1. The number of thioether (sulfide) groups is 1. The van der Waals surface area contributed by atoms with Gasteiger partial charge in [0, 0.05) is 42.1 Å². The first-order valence-corrected chi connectivity index (χ1v) is 9.75. The van der Waals surface area contributed by atoms with Crippen molar-refractivity contribution < 1.29 is 4.39 Å². The molecule has 2 aromatic carbocycles. The van der Waals surface area contributed by atoms with Gasteiger partial charge in [0.05, 0.1) is 0 Å². The van der Waals surface area contributed by atoms with Crippen molar-refractivity contribution in [3.8, 4) is 0 Å². The number of aromatic amines is 1. The number of halogens is 2.